The Labute approximate surface area is 73.8 Å². The van der Waals surface area contributed by atoms with Crippen LogP contribution in [0.3, 0.4) is 0 Å². The maximum absolute atomic E-state index is 5.33. The number of rotatable bonds is 3. The van der Waals surface area contributed by atoms with Crippen LogP contribution in [0, 0.1) is 12.3 Å². The number of benzene rings is 1. The van der Waals surface area contributed by atoms with Gasteiger partial charge >= 0.3 is 0 Å². The summed E-state index contributed by atoms with van der Waals surface area (Å²) in [5.41, 5.74) is 1.99. The third kappa shape index (κ3) is 2.03. The van der Waals surface area contributed by atoms with Crippen molar-refractivity contribution in [2.75, 3.05) is 11.9 Å². The van der Waals surface area contributed by atoms with Gasteiger partial charge in [-0.15, -0.1) is 6.42 Å². The number of para-hydroxylation sites is 1. The molecule has 0 spiro atoms. The summed E-state index contributed by atoms with van der Waals surface area (Å²) < 4.78 is 0. The van der Waals surface area contributed by atoms with Gasteiger partial charge in [-0.1, -0.05) is 25.0 Å². The Bertz CT molecular complexity index is 283. The van der Waals surface area contributed by atoms with E-state index < -0.39 is 0 Å². The van der Waals surface area contributed by atoms with Crippen LogP contribution in [0.25, 0.3) is 0 Å². The molecular weight excluding hydrogens is 146 g/mol. The zero-order valence-corrected chi connectivity index (χ0v) is 7.30. The molecule has 0 radical (unpaired) electrons. The molecule has 0 heterocycles. The third-order valence-corrected chi connectivity index (χ3v) is 1.65. The molecule has 0 saturated carbocycles. The molecule has 0 fully saturated rings. The summed E-state index contributed by atoms with van der Waals surface area (Å²) in [4.78, 5) is 0. The van der Waals surface area contributed by atoms with Gasteiger partial charge in [0.05, 0.1) is 0 Å². The molecule has 0 aliphatic heterocycles. The van der Waals surface area contributed by atoms with Crippen LogP contribution >= 0.6 is 0 Å². The van der Waals surface area contributed by atoms with Crippen LogP contribution in [-0.4, -0.2) is 6.54 Å². The van der Waals surface area contributed by atoms with Crippen LogP contribution in [0.2, 0.25) is 0 Å². The van der Waals surface area contributed by atoms with Gasteiger partial charge in [0.1, 0.15) is 0 Å². The molecule has 0 aliphatic carbocycles. The molecule has 1 aromatic carbocycles. The fraction of sp³-hybridized carbons (Fsp3) is 0.273. The Morgan fingerprint density at radius 2 is 2.17 bits per heavy atom. The molecule has 1 nitrogen and oxygen atoms in total. The number of nitrogens with one attached hydrogen (secondary N) is 1. The van der Waals surface area contributed by atoms with E-state index in [1.165, 1.54) is 0 Å². The van der Waals surface area contributed by atoms with E-state index in [0.717, 1.165) is 24.2 Å². The topological polar surface area (TPSA) is 12.0 Å². The van der Waals surface area contributed by atoms with Gasteiger partial charge in [-0.3, -0.25) is 0 Å². The van der Waals surface area contributed by atoms with Crippen molar-refractivity contribution in [1.82, 2.24) is 0 Å². The van der Waals surface area contributed by atoms with Crippen molar-refractivity contribution in [2.45, 2.75) is 13.3 Å². The predicted octanol–water partition coefficient (Wildman–Crippen LogP) is 2.49. The van der Waals surface area contributed by atoms with Crippen molar-refractivity contribution < 1.29 is 0 Å². The van der Waals surface area contributed by atoms with Crippen molar-refractivity contribution in [1.29, 1.82) is 0 Å². The highest BCUT2D eigenvalue weighted by molar-refractivity contribution is 5.58. The van der Waals surface area contributed by atoms with E-state index in [9.17, 15) is 0 Å². The van der Waals surface area contributed by atoms with Crippen LogP contribution < -0.4 is 5.32 Å². The van der Waals surface area contributed by atoms with Gasteiger partial charge in [0, 0.05) is 17.8 Å². The van der Waals surface area contributed by atoms with Crippen molar-refractivity contribution in [2.24, 2.45) is 0 Å². The standard InChI is InChI=1S/C11H13N/c1-3-9-12-11-8-6-5-7-10(11)4-2/h2,5-8,12H,3,9H2,1H3. The van der Waals surface area contributed by atoms with Gasteiger partial charge < -0.3 is 5.32 Å². The van der Waals surface area contributed by atoms with E-state index in [-0.39, 0.29) is 0 Å². The molecule has 1 rings (SSSR count). The van der Waals surface area contributed by atoms with Crippen LogP contribution in [0.15, 0.2) is 24.3 Å². The molecule has 1 aromatic rings. The minimum atomic E-state index is 0.936. The van der Waals surface area contributed by atoms with E-state index in [1.54, 1.807) is 0 Å². The van der Waals surface area contributed by atoms with E-state index in [1.807, 2.05) is 24.3 Å². The zero-order chi connectivity index (χ0) is 8.81. The van der Waals surface area contributed by atoms with E-state index in [4.69, 9.17) is 6.42 Å². The average Bonchev–Trinajstić information content (AvgIpc) is 2.15. The second kappa shape index (κ2) is 4.46. The van der Waals surface area contributed by atoms with E-state index >= 15 is 0 Å². The highest BCUT2D eigenvalue weighted by atomic mass is 14.9. The lowest BCUT2D eigenvalue weighted by Crippen LogP contribution is -2.00. The first-order chi connectivity index (χ1) is 5.88. The second-order valence-corrected chi connectivity index (χ2v) is 2.62. The molecular formula is C11H13N. The lowest BCUT2D eigenvalue weighted by atomic mass is 10.2. The molecule has 62 valence electrons. The average molecular weight is 159 g/mol. The van der Waals surface area contributed by atoms with Crippen LogP contribution in [0.4, 0.5) is 5.69 Å². The second-order valence-electron chi connectivity index (χ2n) is 2.62. The Morgan fingerprint density at radius 3 is 2.83 bits per heavy atom. The summed E-state index contributed by atoms with van der Waals surface area (Å²) in [6.07, 6.45) is 6.44. The largest absolute Gasteiger partial charge is 0.384 e. The summed E-state index contributed by atoms with van der Waals surface area (Å²) in [7, 11) is 0. The molecule has 0 unspecified atom stereocenters. The Balaban J connectivity index is 2.77. The molecule has 0 saturated heterocycles. The summed E-state index contributed by atoms with van der Waals surface area (Å²) in [5, 5.41) is 3.27. The number of hydrogen-bond donors (Lipinski definition) is 1. The lowest BCUT2D eigenvalue weighted by molar-refractivity contribution is 0.979. The Kier molecular flexibility index (Phi) is 3.22. The van der Waals surface area contributed by atoms with Gasteiger partial charge in [-0.25, -0.2) is 0 Å². The van der Waals surface area contributed by atoms with Crippen molar-refractivity contribution in [3.8, 4) is 12.3 Å². The minimum absolute atomic E-state index is 0.936. The van der Waals surface area contributed by atoms with Crippen LogP contribution in [0.5, 0.6) is 0 Å². The van der Waals surface area contributed by atoms with Gasteiger partial charge in [-0.2, -0.15) is 0 Å². The monoisotopic (exact) mass is 159 g/mol. The third-order valence-electron chi connectivity index (χ3n) is 1.65. The normalized spacial score (nSPS) is 9.00. The summed E-state index contributed by atoms with van der Waals surface area (Å²) in [5.74, 6) is 2.64. The number of anilines is 1. The molecule has 0 aromatic heterocycles. The van der Waals surface area contributed by atoms with Gasteiger partial charge in [0.2, 0.25) is 0 Å². The zero-order valence-electron chi connectivity index (χ0n) is 7.30. The minimum Gasteiger partial charge on any atom is -0.384 e. The predicted molar refractivity (Wildman–Crippen MR) is 53.2 cm³/mol. The number of terminal acetylenes is 1. The van der Waals surface area contributed by atoms with Gasteiger partial charge in [0.25, 0.3) is 0 Å². The van der Waals surface area contributed by atoms with Crippen LogP contribution in [0.1, 0.15) is 18.9 Å². The Morgan fingerprint density at radius 1 is 1.42 bits per heavy atom. The van der Waals surface area contributed by atoms with E-state index in [0.29, 0.717) is 0 Å². The van der Waals surface area contributed by atoms with E-state index in [2.05, 4.69) is 18.2 Å². The molecule has 12 heavy (non-hydrogen) atoms. The molecule has 0 amide bonds. The van der Waals surface area contributed by atoms with Crippen molar-refractivity contribution in [3.63, 3.8) is 0 Å². The maximum atomic E-state index is 5.33. The summed E-state index contributed by atoms with van der Waals surface area (Å²) >= 11 is 0. The summed E-state index contributed by atoms with van der Waals surface area (Å²) in [6.45, 7) is 3.10. The molecule has 0 bridgehead atoms. The smallest absolute Gasteiger partial charge is 0.0499 e. The molecule has 0 atom stereocenters. The highest BCUT2D eigenvalue weighted by Gasteiger charge is 1.94. The van der Waals surface area contributed by atoms with Gasteiger partial charge in [0.15, 0.2) is 0 Å². The Hall–Kier alpha value is -1.42. The van der Waals surface area contributed by atoms with Crippen molar-refractivity contribution >= 4 is 5.69 Å². The summed E-state index contributed by atoms with van der Waals surface area (Å²) in [6, 6.07) is 7.88. The maximum Gasteiger partial charge on any atom is 0.0499 e. The quantitative estimate of drug-likeness (QED) is 0.668. The fourth-order valence-electron chi connectivity index (χ4n) is 1.02. The molecule has 1 N–H and O–H groups in total. The molecule has 1 heteroatoms. The lowest BCUT2D eigenvalue weighted by Gasteiger charge is -2.05. The SMILES string of the molecule is C#Cc1ccccc1NCCC. The van der Waals surface area contributed by atoms with Crippen molar-refractivity contribution in [3.05, 3.63) is 29.8 Å². The van der Waals surface area contributed by atoms with Crippen LogP contribution in [-0.2, 0) is 0 Å². The first-order valence-electron chi connectivity index (χ1n) is 4.18. The first kappa shape index (κ1) is 8.67. The highest BCUT2D eigenvalue weighted by Crippen LogP contribution is 2.12. The first-order valence-corrected chi connectivity index (χ1v) is 4.18. The molecule has 0 aliphatic rings. The fourth-order valence-corrected chi connectivity index (χ4v) is 1.02. The van der Waals surface area contributed by atoms with Gasteiger partial charge in [-0.05, 0) is 18.6 Å². The number of hydrogen-bond acceptors (Lipinski definition) is 1.